The minimum Gasteiger partial charge on any atom is -0.504 e. The first-order valence-electron chi connectivity index (χ1n) is 3.60. The minimum atomic E-state index is -0.887. The lowest BCUT2D eigenvalue weighted by Gasteiger charge is -2.11. The standard InChI is InChI=1S/C8H9BrFNO2/c1-3(11)4-2-5(9)6(10)8(13)7(4)12/h2-3,12-13H,11H2,1H3. The molecular formula is C8H9BrFNO2. The second-order valence-corrected chi connectivity index (χ2v) is 3.60. The van der Waals surface area contributed by atoms with Crippen LogP contribution in [0.25, 0.3) is 0 Å². The molecule has 4 N–H and O–H groups in total. The molecule has 72 valence electrons. The lowest BCUT2D eigenvalue weighted by molar-refractivity contribution is 0.372. The van der Waals surface area contributed by atoms with Crippen molar-refractivity contribution >= 4 is 15.9 Å². The molecule has 1 rings (SSSR count). The summed E-state index contributed by atoms with van der Waals surface area (Å²) in [5.41, 5.74) is 5.79. The number of rotatable bonds is 1. The van der Waals surface area contributed by atoms with Crippen LogP contribution in [0.15, 0.2) is 10.5 Å². The molecule has 0 fully saturated rings. The maximum Gasteiger partial charge on any atom is 0.195 e. The summed E-state index contributed by atoms with van der Waals surface area (Å²) in [6.07, 6.45) is 0. The molecule has 0 amide bonds. The van der Waals surface area contributed by atoms with Crippen LogP contribution in [0, 0.1) is 5.82 Å². The first-order chi connectivity index (χ1) is 5.95. The lowest BCUT2D eigenvalue weighted by atomic mass is 10.1. The van der Waals surface area contributed by atoms with E-state index in [0.717, 1.165) is 0 Å². The maximum atomic E-state index is 12.9. The van der Waals surface area contributed by atoms with Crippen LogP contribution in [0.1, 0.15) is 18.5 Å². The number of phenolic OH excluding ortho intramolecular Hbond substituents is 2. The van der Waals surface area contributed by atoms with Crippen LogP contribution in [0.2, 0.25) is 0 Å². The minimum absolute atomic E-state index is 0.0788. The van der Waals surface area contributed by atoms with Crippen LogP contribution in [-0.4, -0.2) is 10.2 Å². The van der Waals surface area contributed by atoms with Crippen molar-refractivity contribution in [3.63, 3.8) is 0 Å². The Kier molecular flexibility index (Phi) is 2.77. The van der Waals surface area contributed by atoms with Crippen molar-refractivity contribution in [2.45, 2.75) is 13.0 Å². The van der Waals surface area contributed by atoms with Gasteiger partial charge >= 0.3 is 0 Å². The van der Waals surface area contributed by atoms with Gasteiger partial charge in [-0.15, -0.1) is 0 Å². The van der Waals surface area contributed by atoms with E-state index in [1.165, 1.54) is 6.07 Å². The zero-order valence-electron chi connectivity index (χ0n) is 6.88. The van der Waals surface area contributed by atoms with Crippen LogP contribution in [-0.2, 0) is 0 Å². The van der Waals surface area contributed by atoms with Gasteiger partial charge in [-0.05, 0) is 28.9 Å². The zero-order valence-corrected chi connectivity index (χ0v) is 8.47. The molecule has 13 heavy (non-hydrogen) atoms. The van der Waals surface area contributed by atoms with Crippen LogP contribution in [0.5, 0.6) is 11.5 Å². The van der Waals surface area contributed by atoms with Gasteiger partial charge in [0.1, 0.15) is 0 Å². The van der Waals surface area contributed by atoms with Crippen molar-refractivity contribution in [1.29, 1.82) is 0 Å². The molecule has 1 aromatic rings. The SMILES string of the molecule is CC(N)c1cc(Br)c(F)c(O)c1O. The van der Waals surface area contributed by atoms with Crippen LogP contribution < -0.4 is 5.73 Å². The summed E-state index contributed by atoms with van der Waals surface area (Å²) in [6, 6.07) is 0.873. The Morgan fingerprint density at radius 3 is 2.46 bits per heavy atom. The van der Waals surface area contributed by atoms with Gasteiger partial charge in [0.05, 0.1) is 4.47 Å². The number of aromatic hydroxyl groups is 2. The van der Waals surface area contributed by atoms with Gasteiger partial charge in [0.25, 0.3) is 0 Å². The monoisotopic (exact) mass is 249 g/mol. The molecular weight excluding hydrogens is 241 g/mol. The van der Waals surface area contributed by atoms with Gasteiger partial charge < -0.3 is 15.9 Å². The summed E-state index contributed by atoms with van der Waals surface area (Å²) < 4.78 is 13.0. The maximum absolute atomic E-state index is 12.9. The highest BCUT2D eigenvalue weighted by Gasteiger charge is 2.17. The fourth-order valence-corrected chi connectivity index (χ4v) is 1.40. The van der Waals surface area contributed by atoms with E-state index in [9.17, 15) is 9.50 Å². The van der Waals surface area contributed by atoms with Crippen LogP contribution in [0.4, 0.5) is 4.39 Å². The van der Waals surface area contributed by atoms with Crippen molar-refractivity contribution in [3.8, 4) is 11.5 Å². The molecule has 0 aliphatic heterocycles. The van der Waals surface area contributed by atoms with Gasteiger partial charge in [0.2, 0.25) is 0 Å². The molecule has 0 bridgehead atoms. The van der Waals surface area contributed by atoms with Crippen molar-refractivity contribution in [2.75, 3.05) is 0 Å². The van der Waals surface area contributed by atoms with Crippen LogP contribution >= 0.6 is 15.9 Å². The molecule has 0 aliphatic carbocycles. The number of nitrogens with two attached hydrogens (primary N) is 1. The summed E-state index contributed by atoms with van der Waals surface area (Å²) in [5.74, 6) is -2.17. The molecule has 1 atom stereocenters. The van der Waals surface area contributed by atoms with E-state index < -0.39 is 23.4 Å². The summed E-state index contributed by atoms with van der Waals surface area (Å²) in [5, 5.41) is 18.4. The first kappa shape index (κ1) is 10.3. The van der Waals surface area contributed by atoms with Crippen molar-refractivity contribution < 1.29 is 14.6 Å². The highest BCUT2D eigenvalue weighted by molar-refractivity contribution is 9.10. The normalized spacial score (nSPS) is 12.9. The summed E-state index contributed by atoms with van der Waals surface area (Å²) >= 11 is 2.90. The number of phenols is 2. The Morgan fingerprint density at radius 1 is 1.46 bits per heavy atom. The molecule has 0 saturated heterocycles. The van der Waals surface area contributed by atoms with E-state index >= 15 is 0 Å². The smallest absolute Gasteiger partial charge is 0.195 e. The average Bonchev–Trinajstić information content (AvgIpc) is 2.07. The van der Waals surface area contributed by atoms with Gasteiger partial charge in [0.15, 0.2) is 17.3 Å². The van der Waals surface area contributed by atoms with Gasteiger partial charge in [-0.2, -0.15) is 0 Å². The third-order valence-corrected chi connectivity index (χ3v) is 2.27. The van der Waals surface area contributed by atoms with E-state index in [2.05, 4.69) is 15.9 Å². The van der Waals surface area contributed by atoms with Gasteiger partial charge in [0, 0.05) is 11.6 Å². The summed E-state index contributed by atoms with van der Waals surface area (Å²) in [7, 11) is 0. The fourth-order valence-electron chi connectivity index (χ4n) is 0.969. The van der Waals surface area contributed by atoms with E-state index in [1.807, 2.05) is 0 Å². The fraction of sp³-hybridized carbons (Fsp3) is 0.250. The molecule has 0 saturated carbocycles. The summed E-state index contributed by atoms with van der Waals surface area (Å²) in [4.78, 5) is 0. The third-order valence-electron chi connectivity index (χ3n) is 1.69. The van der Waals surface area contributed by atoms with Gasteiger partial charge in [-0.25, -0.2) is 4.39 Å². The molecule has 0 heterocycles. The molecule has 1 unspecified atom stereocenters. The molecule has 1 aromatic carbocycles. The highest BCUT2D eigenvalue weighted by atomic mass is 79.9. The Bertz CT molecular complexity index is 341. The Hall–Kier alpha value is -0.810. The Morgan fingerprint density at radius 2 is 2.00 bits per heavy atom. The van der Waals surface area contributed by atoms with Crippen molar-refractivity contribution in [2.24, 2.45) is 5.73 Å². The molecule has 0 spiro atoms. The van der Waals surface area contributed by atoms with E-state index in [-0.39, 0.29) is 4.47 Å². The number of hydrogen-bond acceptors (Lipinski definition) is 3. The summed E-state index contributed by atoms with van der Waals surface area (Å²) in [6.45, 7) is 1.62. The van der Waals surface area contributed by atoms with Gasteiger partial charge in [-0.3, -0.25) is 0 Å². The van der Waals surface area contributed by atoms with E-state index in [1.54, 1.807) is 6.92 Å². The molecule has 0 aromatic heterocycles. The number of hydrogen-bond donors (Lipinski definition) is 3. The Labute approximate surface area is 83.1 Å². The first-order valence-corrected chi connectivity index (χ1v) is 4.39. The zero-order chi connectivity index (χ0) is 10.2. The second-order valence-electron chi connectivity index (χ2n) is 2.75. The average molecular weight is 250 g/mol. The van der Waals surface area contributed by atoms with Crippen molar-refractivity contribution in [3.05, 3.63) is 21.9 Å². The van der Waals surface area contributed by atoms with E-state index in [4.69, 9.17) is 10.8 Å². The number of halogens is 2. The molecule has 3 nitrogen and oxygen atoms in total. The highest BCUT2D eigenvalue weighted by Crippen LogP contribution is 2.38. The second kappa shape index (κ2) is 3.51. The Balaban J connectivity index is 3.41. The molecule has 0 radical (unpaired) electrons. The topological polar surface area (TPSA) is 66.5 Å². The molecule has 5 heteroatoms. The predicted molar refractivity (Wildman–Crippen MR) is 50.0 cm³/mol. The molecule has 0 aliphatic rings. The largest absolute Gasteiger partial charge is 0.504 e. The van der Waals surface area contributed by atoms with E-state index in [0.29, 0.717) is 5.56 Å². The lowest BCUT2D eigenvalue weighted by Crippen LogP contribution is -2.05. The van der Waals surface area contributed by atoms with Crippen molar-refractivity contribution in [1.82, 2.24) is 0 Å². The number of benzene rings is 1. The third kappa shape index (κ3) is 1.76. The quantitative estimate of drug-likeness (QED) is 0.668. The predicted octanol–water partition coefficient (Wildman–Crippen LogP) is 2.02. The van der Waals surface area contributed by atoms with Gasteiger partial charge in [-0.1, -0.05) is 0 Å². The van der Waals surface area contributed by atoms with Crippen LogP contribution in [0.3, 0.4) is 0 Å².